The van der Waals surface area contributed by atoms with Crippen LogP contribution < -0.4 is 15.8 Å². The number of rotatable bonds is 6. The molecule has 90 valence electrons. The molecule has 0 heterocycles. The smallest absolute Gasteiger partial charge is 0.123 e. The van der Waals surface area contributed by atoms with Gasteiger partial charge in [0.1, 0.15) is 5.75 Å². The molecule has 1 aromatic carbocycles. The lowest BCUT2D eigenvalue weighted by Gasteiger charge is -2.13. The number of nitrogens with one attached hydrogen (secondary N) is 1. The molecule has 1 rings (SSSR count). The number of hydrogen-bond donors (Lipinski definition) is 2. The summed E-state index contributed by atoms with van der Waals surface area (Å²) in [5, 5.41) is 3.31. The molecule has 0 aliphatic rings. The first kappa shape index (κ1) is 12.6. The molecule has 0 unspecified atom stereocenters. The van der Waals surface area contributed by atoms with Gasteiger partial charge in [-0.25, -0.2) is 0 Å². The predicted octanol–water partition coefficient (Wildman–Crippen LogP) is 1.64. The van der Waals surface area contributed by atoms with Crippen LogP contribution in [0.1, 0.15) is 6.92 Å². The van der Waals surface area contributed by atoms with E-state index in [1.807, 2.05) is 39.2 Å². The Hall–Kier alpha value is -1.42. The highest BCUT2D eigenvalue weighted by atomic mass is 16.5. The zero-order valence-electron chi connectivity index (χ0n) is 10.3. The normalized spacial score (nSPS) is 10.5. The van der Waals surface area contributed by atoms with E-state index in [0.29, 0.717) is 6.61 Å². The van der Waals surface area contributed by atoms with E-state index >= 15 is 0 Å². The summed E-state index contributed by atoms with van der Waals surface area (Å²) in [6.45, 7) is 4.49. The number of likely N-dealkylation sites (N-methyl/N-ethyl adjacent to an activating group) is 1. The number of nitrogen functional groups attached to an aromatic ring is 1. The zero-order chi connectivity index (χ0) is 12.0. The lowest BCUT2D eigenvalue weighted by Crippen LogP contribution is -2.20. The maximum atomic E-state index is 5.79. The Bertz CT molecular complexity index is 326. The van der Waals surface area contributed by atoms with Crippen molar-refractivity contribution >= 4 is 11.4 Å². The number of nitrogens with zero attached hydrogens (tertiary/aromatic N) is 1. The molecular formula is C12H21N3O. The summed E-state index contributed by atoms with van der Waals surface area (Å²) in [5.74, 6) is 0.815. The largest absolute Gasteiger partial charge is 0.494 e. The number of anilines is 2. The third-order valence-electron chi connectivity index (χ3n) is 2.13. The van der Waals surface area contributed by atoms with Gasteiger partial charge in [-0.15, -0.1) is 0 Å². The standard InChI is InChI=1S/C12H21N3O/c1-4-16-12-8-10(13)7-11(9-12)14-5-6-15(2)3/h7-9,14H,4-6,13H2,1-3H3. The lowest BCUT2D eigenvalue weighted by atomic mass is 10.2. The summed E-state index contributed by atoms with van der Waals surface area (Å²) in [4.78, 5) is 2.13. The van der Waals surface area contributed by atoms with Gasteiger partial charge >= 0.3 is 0 Å². The number of benzene rings is 1. The quantitative estimate of drug-likeness (QED) is 0.720. The van der Waals surface area contributed by atoms with Crippen molar-refractivity contribution in [2.24, 2.45) is 0 Å². The second-order valence-electron chi connectivity index (χ2n) is 3.95. The summed E-state index contributed by atoms with van der Waals surface area (Å²) in [5.41, 5.74) is 7.52. The Labute approximate surface area is 97.4 Å². The first-order chi connectivity index (χ1) is 7.61. The van der Waals surface area contributed by atoms with Gasteiger partial charge in [0.05, 0.1) is 6.61 Å². The van der Waals surface area contributed by atoms with Gasteiger partial charge in [0.25, 0.3) is 0 Å². The highest BCUT2D eigenvalue weighted by Gasteiger charge is 1.99. The van der Waals surface area contributed by atoms with Crippen molar-refractivity contribution in [3.63, 3.8) is 0 Å². The summed E-state index contributed by atoms with van der Waals surface area (Å²) in [6, 6.07) is 5.72. The highest BCUT2D eigenvalue weighted by molar-refractivity contribution is 5.59. The summed E-state index contributed by atoms with van der Waals surface area (Å²) < 4.78 is 5.42. The van der Waals surface area contributed by atoms with Crippen LogP contribution in [0.5, 0.6) is 5.75 Å². The monoisotopic (exact) mass is 223 g/mol. The van der Waals surface area contributed by atoms with E-state index in [1.165, 1.54) is 0 Å². The van der Waals surface area contributed by atoms with Crippen LogP contribution in [-0.2, 0) is 0 Å². The fraction of sp³-hybridized carbons (Fsp3) is 0.500. The molecule has 1 aromatic rings. The number of hydrogen-bond acceptors (Lipinski definition) is 4. The van der Waals surface area contributed by atoms with Crippen molar-refractivity contribution in [1.29, 1.82) is 0 Å². The van der Waals surface area contributed by atoms with E-state index in [9.17, 15) is 0 Å². The average molecular weight is 223 g/mol. The third-order valence-corrected chi connectivity index (χ3v) is 2.13. The Morgan fingerprint density at radius 1 is 1.31 bits per heavy atom. The van der Waals surface area contributed by atoms with E-state index in [2.05, 4.69) is 10.2 Å². The van der Waals surface area contributed by atoms with Gasteiger partial charge in [-0.05, 0) is 27.1 Å². The molecule has 0 amide bonds. The van der Waals surface area contributed by atoms with Crippen molar-refractivity contribution in [3.05, 3.63) is 18.2 Å². The van der Waals surface area contributed by atoms with Crippen LogP contribution >= 0.6 is 0 Å². The molecule has 0 spiro atoms. The molecule has 0 radical (unpaired) electrons. The van der Waals surface area contributed by atoms with E-state index in [-0.39, 0.29) is 0 Å². The minimum absolute atomic E-state index is 0.653. The van der Waals surface area contributed by atoms with Gasteiger partial charge in [0.2, 0.25) is 0 Å². The molecule has 0 bridgehead atoms. The first-order valence-electron chi connectivity index (χ1n) is 5.53. The first-order valence-corrected chi connectivity index (χ1v) is 5.53. The fourth-order valence-corrected chi connectivity index (χ4v) is 1.40. The van der Waals surface area contributed by atoms with Crippen LogP contribution in [0.25, 0.3) is 0 Å². The van der Waals surface area contributed by atoms with Crippen LogP contribution in [0.15, 0.2) is 18.2 Å². The minimum atomic E-state index is 0.653. The Morgan fingerprint density at radius 2 is 2.06 bits per heavy atom. The van der Waals surface area contributed by atoms with Gasteiger partial charge < -0.3 is 20.7 Å². The highest BCUT2D eigenvalue weighted by Crippen LogP contribution is 2.22. The molecule has 16 heavy (non-hydrogen) atoms. The molecule has 0 aliphatic carbocycles. The Balaban J connectivity index is 2.58. The fourth-order valence-electron chi connectivity index (χ4n) is 1.40. The van der Waals surface area contributed by atoms with Gasteiger partial charge in [0.15, 0.2) is 0 Å². The zero-order valence-corrected chi connectivity index (χ0v) is 10.3. The molecule has 4 nitrogen and oxygen atoms in total. The van der Waals surface area contributed by atoms with E-state index < -0.39 is 0 Å². The van der Waals surface area contributed by atoms with Crippen LogP contribution in [-0.4, -0.2) is 38.7 Å². The Morgan fingerprint density at radius 3 is 2.69 bits per heavy atom. The molecule has 4 heteroatoms. The van der Waals surface area contributed by atoms with Crippen molar-refractivity contribution in [2.45, 2.75) is 6.92 Å². The second kappa shape index (κ2) is 6.23. The molecule has 0 aromatic heterocycles. The molecule has 0 fully saturated rings. The third kappa shape index (κ3) is 4.40. The van der Waals surface area contributed by atoms with Gasteiger partial charge in [0, 0.05) is 36.6 Å². The van der Waals surface area contributed by atoms with Crippen molar-refractivity contribution in [2.75, 3.05) is 44.8 Å². The van der Waals surface area contributed by atoms with Crippen LogP contribution in [0.2, 0.25) is 0 Å². The average Bonchev–Trinajstić information content (AvgIpc) is 2.16. The summed E-state index contributed by atoms with van der Waals surface area (Å²) in [6.07, 6.45) is 0. The summed E-state index contributed by atoms with van der Waals surface area (Å²) >= 11 is 0. The van der Waals surface area contributed by atoms with Crippen LogP contribution in [0, 0.1) is 0 Å². The maximum Gasteiger partial charge on any atom is 0.123 e. The lowest BCUT2D eigenvalue weighted by molar-refractivity contribution is 0.340. The van der Waals surface area contributed by atoms with Gasteiger partial charge in [-0.3, -0.25) is 0 Å². The van der Waals surface area contributed by atoms with Gasteiger partial charge in [-0.1, -0.05) is 0 Å². The van der Waals surface area contributed by atoms with E-state index in [1.54, 1.807) is 0 Å². The maximum absolute atomic E-state index is 5.79. The number of nitrogens with two attached hydrogens (primary N) is 1. The molecule has 0 saturated heterocycles. The van der Waals surface area contributed by atoms with E-state index in [0.717, 1.165) is 30.2 Å². The second-order valence-corrected chi connectivity index (χ2v) is 3.95. The van der Waals surface area contributed by atoms with Gasteiger partial charge in [-0.2, -0.15) is 0 Å². The molecule has 0 aliphatic heterocycles. The SMILES string of the molecule is CCOc1cc(N)cc(NCCN(C)C)c1. The van der Waals surface area contributed by atoms with E-state index in [4.69, 9.17) is 10.5 Å². The van der Waals surface area contributed by atoms with Crippen molar-refractivity contribution < 1.29 is 4.74 Å². The topological polar surface area (TPSA) is 50.5 Å². The van der Waals surface area contributed by atoms with Crippen molar-refractivity contribution in [3.8, 4) is 5.75 Å². The van der Waals surface area contributed by atoms with Crippen LogP contribution in [0.3, 0.4) is 0 Å². The predicted molar refractivity (Wildman–Crippen MR) is 69.1 cm³/mol. The molecule has 3 N–H and O–H groups in total. The van der Waals surface area contributed by atoms with Crippen molar-refractivity contribution in [1.82, 2.24) is 4.90 Å². The Kier molecular flexibility index (Phi) is 4.92. The minimum Gasteiger partial charge on any atom is -0.494 e. The van der Waals surface area contributed by atoms with Crippen LogP contribution in [0.4, 0.5) is 11.4 Å². The number of ether oxygens (including phenoxy) is 1. The molecule has 0 saturated carbocycles. The molecular weight excluding hydrogens is 202 g/mol. The summed E-state index contributed by atoms with van der Waals surface area (Å²) in [7, 11) is 4.10. The molecule has 0 atom stereocenters.